The van der Waals surface area contributed by atoms with Crippen LogP contribution in [0.25, 0.3) is 0 Å². The molecule has 0 aliphatic carbocycles. The predicted octanol–water partition coefficient (Wildman–Crippen LogP) is 3.18. The van der Waals surface area contributed by atoms with E-state index in [1.807, 2.05) is 27.0 Å². The Balaban J connectivity index is 1.69. The van der Waals surface area contributed by atoms with Gasteiger partial charge in [-0.1, -0.05) is 25.5 Å². The molecule has 2 N–H and O–H groups in total. The number of rotatable bonds is 6. The summed E-state index contributed by atoms with van der Waals surface area (Å²) >= 11 is 0. The van der Waals surface area contributed by atoms with Gasteiger partial charge in [0.2, 0.25) is 0 Å². The van der Waals surface area contributed by atoms with E-state index in [0.717, 1.165) is 23.2 Å². The summed E-state index contributed by atoms with van der Waals surface area (Å²) < 4.78 is 13.2. The summed E-state index contributed by atoms with van der Waals surface area (Å²) in [4.78, 5) is 23.7. The molecule has 7 heteroatoms. The van der Waals surface area contributed by atoms with Crippen molar-refractivity contribution in [1.29, 1.82) is 0 Å². The van der Waals surface area contributed by atoms with E-state index in [-0.39, 0.29) is 24.4 Å². The first kappa shape index (κ1) is 21.2. The molecule has 0 saturated carbocycles. The van der Waals surface area contributed by atoms with Gasteiger partial charge in [0.15, 0.2) is 0 Å². The van der Waals surface area contributed by atoms with Crippen LogP contribution in [0.2, 0.25) is 0 Å². The number of aliphatic hydroxyl groups is 1. The van der Waals surface area contributed by atoms with Gasteiger partial charge in [-0.2, -0.15) is 0 Å². The zero-order chi connectivity index (χ0) is 21.0. The number of nitrogens with zero attached hydrogens (tertiary/aromatic N) is 3. The minimum atomic E-state index is -0.628. The number of carbonyl (C=O) groups excluding carboxylic acids is 1. The van der Waals surface area contributed by atoms with E-state index in [1.54, 1.807) is 17.0 Å². The molecule has 2 amide bonds. The van der Waals surface area contributed by atoms with Crippen molar-refractivity contribution in [3.63, 3.8) is 0 Å². The second-order valence-electron chi connectivity index (χ2n) is 8.15. The van der Waals surface area contributed by atoms with E-state index < -0.39 is 5.54 Å². The maximum atomic E-state index is 13.2. The topological polar surface area (TPSA) is 78.4 Å². The van der Waals surface area contributed by atoms with Crippen molar-refractivity contribution in [2.75, 3.05) is 13.2 Å². The maximum Gasteiger partial charge on any atom is 0.318 e. The Morgan fingerprint density at radius 2 is 2.07 bits per heavy atom. The average molecular weight is 400 g/mol. The van der Waals surface area contributed by atoms with Crippen molar-refractivity contribution in [3.05, 3.63) is 58.9 Å². The fraction of sp³-hybridized carbons (Fsp3) is 0.500. The SMILES string of the molecule is CC[C@@H](CO)Cc1ncc2c(n1)CN(C(=O)NC(C)(C)c1ccc(F)cc1)CC2. The van der Waals surface area contributed by atoms with Crippen LogP contribution in [0, 0.1) is 11.7 Å². The average Bonchev–Trinajstić information content (AvgIpc) is 2.71. The molecule has 0 radical (unpaired) electrons. The molecular weight excluding hydrogens is 371 g/mol. The van der Waals surface area contributed by atoms with Crippen LogP contribution in [0.3, 0.4) is 0 Å². The molecule has 6 nitrogen and oxygen atoms in total. The summed E-state index contributed by atoms with van der Waals surface area (Å²) in [6, 6.07) is 5.99. The number of aliphatic hydroxyl groups excluding tert-OH is 1. The quantitative estimate of drug-likeness (QED) is 0.781. The van der Waals surface area contributed by atoms with E-state index in [0.29, 0.717) is 31.8 Å². The van der Waals surface area contributed by atoms with Crippen molar-refractivity contribution in [3.8, 4) is 0 Å². The Morgan fingerprint density at radius 3 is 2.72 bits per heavy atom. The van der Waals surface area contributed by atoms with Gasteiger partial charge < -0.3 is 15.3 Å². The molecule has 29 heavy (non-hydrogen) atoms. The Hall–Kier alpha value is -2.54. The van der Waals surface area contributed by atoms with Gasteiger partial charge in [0.25, 0.3) is 0 Å². The Morgan fingerprint density at radius 1 is 1.34 bits per heavy atom. The summed E-state index contributed by atoms with van der Waals surface area (Å²) in [6.45, 7) is 6.96. The van der Waals surface area contributed by atoms with E-state index in [1.165, 1.54) is 12.1 Å². The van der Waals surface area contributed by atoms with E-state index in [4.69, 9.17) is 0 Å². The summed E-state index contributed by atoms with van der Waals surface area (Å²) in [6.07, 6.45) is 4.05. The van der Waals surface area contributed by atoms with Crippen LogP contribution in [0.4, 0.5) is 9.18 Å². The summed E-state index contributed by atoms with van der Waals surface area (Å²) in [5.74, 6) is 0.552. The number of carbonyl (C=O) groups is 1. The number of aromatic nitrogens is 2. The van der Waals surface area contributed by atoms with Gasteiger partial charge in [0, 0.05) is 25.8 Å². The van der Waals surface area contributed by atoms with Crippen LogP contribution in [0.1, 0.15) is 49.8 Å². The number of amides is 2. The van der Waals surface area contributed by atoms with Gasteiger partial charge in [-0.3, -0.25) is 0 Å². The lowest BCUT2D eigenvalue weighted by molar-refractivity contribution is 0.180. The molecule has 156 valence electrons. The van der Waals surface area contributed by atoms with E-state index in [2.05, 4.69) is 15.3 Å². The normalized spacial score (nSPS) is 15.0. The molecular formula is C22H29FN4O2. The summed E-state index contributed by atoms with van der Waals surface area (Å²) in [5.41, 5.74) is 2.14. The van der Waals surface area contributed by atoms with Gasteiger partial charge in [0.05, 0.1) is 17.8 Å². The highest BCUT2D eigenvalue weighted by atomic mass is 19.1. The van der Waals surface area contributed by atoms with Crippen LogP contribution in [-0.2, 0) is 24.9 Å². The first-order valence-electron chi connectivity index (χ1n) is 10.1. The zero-order valence-corrected chi connectivity index (χ0v) is 17.3. The third-order valence-electron chi connectivity index (χ3n) is 5.58. The van der Waals surface area contributed by atoms with Crippen molar-refractivity contribution < 1.29 is 14.3 Å². The minimum Gasteiger partial charge on any atom is -0.396 e. The van der Waals surface area contributed by atoms with Crippen LogP contribution >= 0.6 is 0 Å². The van der Waals surface area contributed by atoms with Gasteiger partial charge in [-0.15, -0.1) is 0 Å². The number of halogens is 1. The molecule has 1 aromatic heterocycles. The molecule has 3 rings (SSSR count). The third kappa shape index (κ3) is 5.09. The zero-order valence-electron chi connectivity index (χ0n) is 17.3. The largest absolute Gasteiger partial charge is 0.396 e. The second-order valence-corrected chi connectivity index (χ2v) is 8.15. The molecule has 2 aromatic rings. The standard InChI is InChI=1S/C22H29FN4O2/c1-4-15(14-28)11-20-24-12-16-9-10-27(13-19(16)25-20)21(29)26-22(2,3)17-5-7-18(23)8-6-17/h5-8,12,15,28H,4,9-11,13-14H2,1-3H3,(H,26,29)/t15-/m1/s1. The lowest BCUT2D eigenvalue weighted by atomic mass is 9.94. The molecule has 1 aliphatic rings. The fourth-order valence-corrected chi connectivity index (χ4v) is 3.50. The number of urea groups is 1. The van der Waals surface area contributed by atoms with Gasteiger partial charge in [-0.05, 0) is 49.4 Å². The summed E-state index contributed by atoms with van der Waals surface area (Å²) in [5, 5.41) is 12.5. The van der Waals surface area contributed by atoms with Crippen molar-refractivity contribution in [1.82, 2.24) is 20.2 Å². The molecule has 0 bridgehead atoms. The van der Waals surface area contributed by atoms with Crippen molar-refractivity contribution >= 4 is 6.03 Å². The summed E-state index contributed by atoms with van der Waals surface area (Å²) in [7, 11) is 0. The van der Waals surface area contributed by atoms with Gasteiger partial charge >= 0.3 is 6.03 Å². The van der Waals surface area contributed by atoms with Crippen LogP contribution in [0.15, 0.2) is 30.5 Å². The molecule has 0 fully saturated rings. The highest BCUT2D eigenvalue weighted by Crippen LogP contribution is 2.23. The number of benzene rings is 1. The Kier molecular flexibility index (Phi) is 6.47. The fourth-order valence-electron chi connectivity index (χ4n) is 3.50. The number of hydrogen-bond donors (Lipinski definition) is 2. The lowest BCUT2D eigenvalue weighted by Crippen LogP contribution is -2.49. The van der Waals surface area contributed by atoms with E-state index in [9.17, 15) is 14.3 Å². The Labute approximate surface area is 171 Å². The molecule has 0 saturated heterocycles. The first-order chi connectivity index (χ1) is 13.8. The highest BCUT2D eigenvalue weighted by Gasteiger charge is 2.28. The molecule has 1 atom stereocenters. The Bertz CT molecular complexity index is 850. The van der Waals surface area contributed by atoms with E-state index >= 15 is 0 Å². The highest BCUT2D eigenvalue weighted by molar-refractivity contribution is 5.75. The number of hydrogen-bond acceptors (Lipinski definition) is 4. The number of fused-ring (bicyclic) bond motifs is 1. The molecule has 0 spiro atoms. The third-order valence-corrected chi connectivity index (χ3v) is 5.58. The van der Waals surface area contributed by atoms with Crippen LogP contribution < -0.4 is 5.32 Å². The molecule has 0 unspecified atom stereocenters. The smallest absolute Gasteiger partial charge is 0.318 e. The minimum absolute atomic E-state index is 0.115. The predicted molar refractivity (Wildman–Crippen MR) is 109 cm³/mol. The van der Waals surface area contributed by atoms with Gasteiger partial charge in [-0.25, -0.2) is 19.2 Å². The van der Waals surface area contributed by atoms with Crippen molar-refractivity contribution in [2.24, 2.45) is 5.92 Å². The van der Waals surface area contributed by atoms with Crippen LogP contribution in [0.5, 0.6) is 0 Å². The van der Waals surface area contributed by atoms with Crippen LogP contribution in [-0.4, -0.2) is 39.2 Å². The van der Waals surface area contributed by atoms with Crippen molar-refractivity contribution in [2.45, 2.75) is 52.1 Å². The first-order valence-corrected chi connectivity index (χ1v) is 10.1. The number of nitrogens with one attached hydrogen (secondary N) is 1. The maximum absolute atomic E-state index is 13.2. The molecule has 1 aromatic carbocycles. The van der Waals surface area contributed by atoms with Gasteiger partial charge in [0.1, 0.15) is 11.6 Å². The second kappa shape index (κ2) is 8.86. The molecule has 2 heterocycles. The molecule has 1 aliphatic heterocycles. The lowest BCUT2D eigenvalue weighted by Gasteiger charge is -2.33. The monoisotopic (exact) mass is 400 g/mol.